The van der Waals surface area contributed by atoms with Crippen molar-refractivity contribution >= 4 is 17.3 Å². The second kappa shape index (κ2) is 5.32. The zero-order valence-corrected chi connectivity index (χ0v) is 11.8. The van der Waals surface area contributed by atoms with E-state index in [1.165, 1.54) is 12.8 Å². The van der Waals surface area contributed by atoms with E-state index < -0.39 is 0 Å². The Balaban J connectivity index is 1.89. The van der Waals surface area contributed by atoms with Gasteiger partial charge in [0.1, 0.15) is 5.75 Å². The van der Waals surface area contributed by atoms with E-state index in [4.69, 9.17) is 10.5 Å². The van der Waals surface area contributed by atoms with E-state index in [1.54, 1.807) is 13.2 Å². The van der Waals surface area contributed by atoms with Gasteiger partial charge in [0.2, 0.25) is 5.91 Å². The third-order valence-corrected chi connectivity index (χ3v) is 4.28. The maximum absolute atomic E-state index is 12.4. The van der Waals surface area contributed by atoms with E-state index in [2.05, 4.69) is 4.90 Å². The average molecular weight is 275 g/mol. The summed E-state index contributed by atoms with van der Waals surface area (Å²) in [6, 6.07) is 5.91. The predicted octanol–water partition coefficient (Wildman–Crippen LogP) is 1.48. The van der Waals surface area contributed by atoms with Gasteiger partial charge in [0.25, 0.3) is 0 Å². The van der Waals surface area contributed by atoms with Crippen LogP contribution in [0.1, 0.15) is 19.3 Å². The molecule has 1 unspecified atom stereocenters. The second-order valence-corrected chi connectivity index (χ2v) is 5.56. The Bertz CT molecular complexity index is 518. The number of piperazine rings is 1. The molecule has 0 aliphatic carbocycles. The molecule has 5 heteroatoms. The molecule has 0 aromatic heterocycles. The summed E-state index contributed by atoms with van der Waals surface area (Å²) in [5.41, 5.74) is 7.31. The molecule has 0 bridgehead atoms. The van der Waals surface area contributed by atoms with Crippen molar-refractivity contribution in [3.05, 3.63) is 18.2 Å². The zero-order valence-electron chi connectivity index (χ0n) is 11.8. The van der Waals surface area contributed by atoms with Gasteiger partial charge >= 0.3 is 0 Å². The molecule has 1 atom stereocenters. The van der Waals surface area contributed by atoms with Crippen molar-refractivity contribution in [2.75, 3.05) is 37.4 Å². The lowest BCUT2D eigenvalue weighted by Crippen LogP contribution is -2.57. The van der Waals surface area contributed by atoms with Crippen LogP contribution in [0.3, 0.4) is 0 Å². The summed E-state index contributed by atoms with van der Waals surface area (Å²) in [6.45, 7) is 2.28. The molecule has 2 fully saturated rings. The third kappa shape index (κ3) is 2.33. The summed E-state index contributed by atoms with van der Waals surface area (Å²) in [4.78, 5) is 16.6. The molecule has 1 aromatic carbocycles. The fourth-order valence-corrected chi connectivity index (χ4v) is 3.20. The molecule has 3 rings (SSSR count). The highest BCUT2D eigenvalue weighted by Crippen LogP contribution is 2.33. The minimum Gasteiger partial charge on any atom is -0.495 e. The first-order valence-electron chi connectivity index (χ1n) is 7.17. The number of hydrogen-bond acceptors (Lipinski definition) is 4. The molecule has 2 aliphatic rings. The summed E-state index contributed by atoms with van der Waals surface area (Å²) >= 11 is 0. The Hall–Kier alpha value is -1.75. The highest BCUT2D eigenvalue weighted by atomic mass is 16.5. The smallest absolute Gasteiger partial charge is 0.241 e. The topological polar surface area (TPSA) is 58.8 Å². The highest BCUT2D eigenvalue weighted by molar-refractivity contribution is 5.97. The lowest BCUT2D eigenvalue weighted by atomic mass is 9.99. The van der Waals surface area contributed by atoms with Gasteiger partial charge in [-0.2, -0.15) is 0 Å². The first-order chi connectivity index (χ1) is 9.69. The minimum absolute atomic E-state index is 0.132. The van der Waals surface area contributed by atoms with Crippen molar-refractivity contribution in [1.29, 1.82) is 0 Å². The van der Waals surface area contributed by atoms with Gasteiger partial charge in [0.05, 0.1) is 19.3 Å². The van der Waals surface area contributed by atoms with Crippen LogP contribution in [0.25, 0.3) is 0 Å². The quantitative estimate of drug-likeness (QED) is 0.831. The van der Waals surface area contributed by atoms with E-state index in [1.807, 2.05) is 17.0 Å². The van der Waals surface area contributed by atoms with Crippen LogP contribution in [-0.2, 0) is 4.79 Å². The Morgan fingerprint density at radius 3 is 3.00 bits per heavy atom. The number of nitrogens with two attached hydrogens (primary N) is 1. The molecule has 1 amide bonds. The number of piperidine rings is 1. The first kappa shape index (κ1) is 13.2. The summed E-state index contributed by atoms with van der Waals surface area (Å²) < 4.78 is 5.37. The van der Waals surface area contributed by atoms with Gasteiger partial charge in [0, 0.05) is 18.3 Å². The van der Waals surface area contributed by atoms with Crippen LogP contribution in [0, 0.1) is 0 Å². The molecule has 2 saturated heterocycles. The van der Waals surface area contributed by atoms with Crippen LogP contribution in [0.5, 0.6) is 5.75 Å². The third-order valence-electron chi connectivity index (χ3n) is 4.28. The Morgan fingerprint density at radius 2 is 2.20 bits per heavy atom. The van der Waals surface area contributed by atoms with Gasteiger partial charge in [-0.1, -0.05) is 6.42 Å². The predicted molar refractivity (Wildman–Crippen MR) is 79.0 cm³/mol. The van der Waals surface area contributed by atoms with Crippen LogP contribution < -0.4 is 15.4 Å². The number of carbonyl (C=O) groups is 1. The number of methoxy groups -OCH3 is 1. The number of nitrogens with zero attached hydrogens (tertiary/aromatic N) is 2. The number of amides is 1. The van der Waals surface area contributed by atoms with Gasteiger partial charge in [-0.25, -0.2) is 0 Å². The molecule has 1 aromatic rings. The van der Waals surface area contributed by atoms with E-state index in [0.717, 1.165) is 25.2 Å². The highest BCUT2D eigenvalue weighted by Gasteiger charge is 2.35. The number of hydrogen-bond donors (Lipinski definition) is 1. The van der Waals surface area contributed by atoms with Gasteiger partial charge < -0.3 is 15.4 Å². The Kier molecular flexibility index (Phi) is 3.53. The number of ether oxygens (including phenoxy) is 1. The number of rotatable bonds is 2. The van der Waals surface area contributed by atoms with Crippen LogP contribution in [0.15, 0.2) is 18.2 Å². The van der Waals surface area contributed by atoms with E-state index in [-0.39, 0.29) is 5.91 Å². The van der Waals surface area contributed by atoms with Crippen molar-refractivity contribution in [1.82, 2.24) is 4.90 Å². The largest absolute Gasteiger partial charge is 0.495 e. The summed E-state index contributed by atoms with van der Waals surface area (Å²) in [7, 11) is 1.62. The number of anilines is 2. The van der Waals surface area contributed by atoms with Gasteiger partial charge in [-0.15, -0.1) is 0 Å². The molecule has 2 heterocycles. The lowest BCUT2D eigenvalue weighted by Gasteiger charge is -2.43. The zero-order chi connectivity index (χ0) is 14.1. The number of nitrogen functional groups attached to an aromatic ring is 1. The fraction of sp³-hybridized carbons (Fsp3) is 0.533. The lowest BCUT2D eigenvalue weighted by molar-refractivity contribution is -0.123. The second-order valence-electron chi connectivity index (χ2n) is 5.56. The first-order valence-corrected chi connectivity index (χ1v) is 7.17. The van der Waals surface area contributed by atoms with E-state index in [9.17, 15) is 4.79 Å². The number of carbonyl (C=O) groups excluding carboxylic acids is 1. The maximum Gasteiger partial charge on any atom is 0.241 e. The average Bonchev–Trinajstić information content (AvgIpc) is 2.46. The monoisotopic (exact) mass is 275 g/mol. The van der Waals surface area contributed by atoms with Gasteiger partial charge in [-0.05, 0) is 37.6 Å². The van der Waals surface area contributed by atoms with Crippen molar-refractivity contribution in [3.8, 4) is 5.75 Å². The van der Waals surface area contributed by atoms with Gasteiger partial charge in [-0.3, -0.25) is 9.69 Å². The molecule has 0 spiro atoms. The normalized spacial score (nSPS) is 23.6. The Labute approximate surface area is 119 Å². The molecule has 20 heavy (non-hydrogen) atoms. The fourth-order valence-electron chi connectivity index (χ4n) is 3.20. The maximum atomic E-state index is 12.4. The van der Waals surface area contributed by atoms with Gasteiger partial charge in [0.15, 0.2) is 0 Å². The summed E-state index contributed by atoms with van der Waals surface area (Å²) in [5.74, 6) is 0.837. The SMILES string of the molecule is COc1ccc(N)cc1N1CC2CCCCN2CC1=O. The Morgan fingerprint density at radius 1 is 1.35 bits per heavy atom. The molecule has 5 nitrogen and oxygen atoms in total. The molecular formula is C15H21N3O2. The van der Waals surface area contributed by atoms with E-state index >= 15 is 0 Å². The van der Waals surface area contributed by atoms with Crippen LogP contribution in [0.2, 0.25) is 0 Å². The standard InChI is InChI=1S/C15H21N3O2/c1-20-14-6-5-11(16)8-13(14)18-9-12-4-2-3-7-17(12)10-15(18)19/h5-6,8,12H,2-4,7,9-10,16H2,1H3. The number of benzene rings is 1. The number of fused-ring (bicyclic) bond motifs is 1. The van der Waals surface area contributed by atoms with Crippen LogP contribution in [0.4, 0.5) is 11.4 Å². The van der Waals surface area contributed by atoms with Crippen molar-refractivity contribution in [2.45, 2.75) is 25.3 Å². The van der Waals surface area contributed by atoms with Crippen molar-refractivity contribution in [2.24, 2.45) is 0 Å². The minimum atomic E-state index is 0.132. The van der Waals surface area contributed by atoms with Crippen molar-refractivity contribution < 1.29 is 9.53 Å². The van der Waals surface area contributed by atoms with Crippen molar-refractivity contribution in [3.63, 3.8) is 0 Å². The molecule has 108 valence electrons. The summed E-state index contributed by atoms with van der Waals surface area (Å²) in [6.07, 6.45) is 3.61. The molecule has 2 aliphatic heterocycles. The summed E-state index contributed by atoms with van der Waals surface area (Å²) in [5, 5.41) is 0. The van der Waals surface area contributed by atoms with Crippen LogP contribution in [-0.4, -0.2) is 43.6 Å². The molecular weight excluding hydrogens is 254 g/mol. The van der Waals surface area contributed by atoms with Crippen LogP contribution >= 0.6 is 0 Å². The molecule has 2 N–H and O–H groups in total. The van der Waals surface area contributed by atoms with E-state index in [0.29, 0.717) is 24.0 Å². The molecule has 0 radical (unpaired) electrons. The molecule has 0 saturated carbocycles.